The molecule has 0 amide bonds. The van der Waals surface area contributed by atoms with Crippen molar-refractivity contribution < 1.29 is 5.11 Å². The van der Waals surface area contributed by atoms with E-state index in [1.165, 1.54) is 19.3 Å². The van der Waals surface area contributed by atoms with Crippen molar-refractivity contribution in [2.24, 2.45) is 0 Å². The van der Waals surface area contributed by atoms with Gasteiger partial charge in [-0.2, -0.15) is 0 Å². The molecule has 0 saturated heterocycles. The topological polar surface area (TPSA) is 36.4 Å². The molecule has 1 aliphatic rings. The first-order valence-corrected chi connectivity index (χ1v) is 8.39. The first kappa shape index (κ1) is 14.8. The summed E-state index contributed by atoms with van der Waals surface area (Å²) in [6.07, 6.45) is 6.46. The Labute approximate surface area is 120 Å². The number of unbranched alkanes of at least 4 members (excludes halogenated alkanes) is 2. The summed E-state index contributed by atoms with van der Waals surface area (Å²) in [6, 6.07) is 0.474. The lowest BCUT2D eigenvalue weighted by Gasteiger charge is -2.26. The Kier molecular flexibility index (Phi) is 5.22. The number of fused-ring (bicyclic) bond motifs is 1. The molecule has 1 aromatic rings. The molecule has 108 valence electrons. The number of anilines is 1. The van der Waals surface area contributed by atoms with Gasteiger partial charge >= 0.3 is 0 Å². The average Bonchev–Trinajstić information content (AvgIpc) is 2.79. The molecule has 0 aliphatic heterocycles. The smallest absolute Gasteiger partial charge is 0.186 e. The summed E-state index contributed by atoms with van der Waals surface area (Å²) in [5.74, 6) is 0. The lowest BCUT2D eigenvalue weighted by atomic mass is 10.0. The van der Waals surface area contributed by atoms with Gasteiger partial charge in [0.25, 0.3) is 0 Å². The molecule has 0 fully saturated rings. The minimum atomic E-state index is -0.278. The maximum atomic E-state index is 10.1. The Morgan fingerprint density at radius 3 is 2.84 bits per heavy atom. The Morgan fingerprint density at radius 2 is 2.21 bits per heavy atom. The zero-order valence-corrected chi connectivity index (χ0v) is 13.2. The molecule has 1 atom stereocenters. The van der Waals surface area contributed by atoms with Crippen molar-refractivity contribution in [3.05, 3.63) is 10.6 Å². The van der Waals surface area contributed by atoms with Crippen molar-refractivity contribution >= 4 is 16.5 Å². The summed E-state index contributed by atoms with van der Waals surface area (Å²) in [5, 5.41) is 11.2. The predicted molar refractivity (Wildman–Crippen MR) is 82.0 cm³/mol. The number of thiazole rings is 1. The molecule has 0 saturated carbocycles. The van der Waals surface area contributed by atoms with Crippen LogP contribution in [0.15, 0.2) is 0 Å². The van der Waals surface area contributed by atoms with Crippen molar-refractivity contribution in [1.82, 2.24) is 4.98 Å². The van der Waals surface area contributed by atoms with Crippen LogP contribution in [0.2, 0.25) is 0 Å². The van der Waals surface area contributed by atoms with Gasteiger partial charge in [-0.3, -0.25) is 0 Å². The highest BCUT2D eigenvalue weighted by Gasteiger charge is 2.25. The highest BCUT2D eigenvalue weighted by molar-refractivity contribution is 7.15. The number of aliphatic hydroxyl groups excluding tert-OH is 1. The van der Waals surface area contributed by atoms with Crippen LogP contribution in [-0.2, 0) is 6.42 Å². The summed E-state index contributed by atoms with van der Waals surface area (Å²) in [4.78, 5) is 8.29. The quantitative estimate of drug-likeness (QED) is 0.803. The zero-order chi connectivity index (χ0) is 13.8. The van der Waals surface area contributed by atoms with Gasteiger partial charge in [0, 0.05) is 12.6 Å². The molecule has 0 spiro atoms. The summed E-state index contributed by atoms with van der Waals surface area (Å²) in [5.41, 5.74) is 1.14. The SMILES string of the molecule is CCCCCN(c1nc2c(s1)C(O)CCC2)C(C)C. The summed E-state index contributed by atoms with van der Waals surface area (Å²) in [6.45, 7) is 7.76. The highest BCUT2D eigenvalue weighted by atomic mass is 32.1. The van der Waals surface area contributed by atoms with Crippen LogP contribution in [0, 0.1) is 0 Å². The fourth-order valence-electron chi connectivity index (χ4n) is 2.61. The molecule has 1 N–H and O–H groups in total. The predicted octanol–water partition coefficient (Wildman–Crippen LogP) is 3.92. The molecule has 4 heteroatoms. The summed E-state index contributed by atoms with van der Waals surface area (Å²) < 4.78 is 0. The number of rotatable bonds is 6. The minimum absolute atomic E-state index is 0.278. The maximum Gasteiger partial charge on any atom is 0.186 e. The number of aliphatic hydroxyl groups is 1. The Hall–Kier alpha value is -0.610. The second-order valence-corrected chi connectivity index (χ2v) is 6.72. The van der Waals surface area contributed by atoms with Gasteiger partial charge in [-0.05, 0) is 39.5 Å². The number of nitrogens with zero attached hydrogens (tertiary/aromatic N) is 2. The Balaban J connectivity index is 2.13. The molecular weight excluding hydrogens is 256 g/mol. The lowest BCUT2D eigenvalue weighted by Crippen LogP contribution is -2.31. The van der Waals surface area contributed by atoms with Gasteiger partial charge in [-0.15, -0.1) is 0 Å². The largest absolute Gasteiger partial charge is 0.388 e. The molecule has 1 heterocycles. The van der Waals surface area contributed by atoms with E-state index in [4.69, 9.17) is 4.98 Å². The van der Waals surface area contributed by atoms with Crippen molar-refractivity contribution in [1.29, 1.82) is 0 Å². The second kappa shape index (κ2) is 6.71. The van der Waals surface area contributed by atoms with Crippen LogP contribution in [0.4, 0.5) is 5.13 Å². The lowest BCUT2D eigenvalue weighted by molar-refractivity contribution is 0.160. The van der Waals surface area contributed by atoms with Gasteiger partial charge in [0.1, 0.15) is 0 Å². The van der Waals surface area contributed by atoms with Crippen LogP contribution in [0.1, 0.15) is 69.6 Å². The van der Waals surface area contributed by atoms with Crippen molar-refractivity contribution in [3.8, 4) is 0 Å². The first-order valence-electron chi connectivity index (χ1n) is 7.57. The monoisotopic (exact) mass is 282 g/mol. The van der Waals surface area contributed by atoms with E-state index >= 15 is 0 Å². The third-order valence-electron chi connectivity index (χ3n) is 3.78. The molecule has 0 radical (unpaired) electrons. The number of hydrogen-bond donors (Lipinski definition) is 1. The third-order valence-corrected chi connectivity index (χ3v) is 5.02. The average molecular weight is 282 g/mol. The minimum Gasteiger partial charge on any atom is -0.388 e. The van der Waals surface area contributed by atoms with E-state index in [1.54, 1.807) is 11.3 Å². The number of aryl methyl sites for hydroxylation is 1. The van der Waals surface area contributed by atoms with Crippen LogP contribution in [0.25, 0.3) is 0 Å². The third kappa shape index (κ3) is 3.48. The molecule has 0 aromatic carbocycles. The van der Waals surface area contributed by atoms with Crippen LogP contribution < -0.4 is 4.90 Å². The van der Waals surface area contributed by atoms with Crippen LogP contribution in [0.3, 0.4) is 0 Å². The van der Waals surface area contributed by atoms with E-state index in [0.29, 0.717) is 6.04 Å². The Bertz CT molecular complexity index is 403. The maximum absolute atomic E-state index is 10.1. The molecular formula is C15H26N2OS. The summed E-state index contributed by atoms with van der Waals surface area (Å²) >= 11 is 1.70. The molecule has 1 unspecified atom stereocenters. The molecule has 19 heavy (non-hydrogen) atoms. The Morgan fingerprint density at radius 1 is 1.42 bits per heavy atom. The molecule has 3 nitrogen and oxygen atoms in total. The van der Waals surface area contributed by atoms with E-state index in [1.807, 2.05) is 0 Å². The van der Waals surface area contributed by atoms with E-state index in [0.717, 1.165) is 41.5 Å². The van der Waals surface area contributed by atoms with Gasteiger partial charge in [0.2, 0.25) is 0 Å². The van der Waals surface area contributed by atoms with E-state index in [9.17, 15) is 5.11 Å². The van der Waals surface area contributed by atoms with Gasteiger partial charge in [-0.1, -0.05) is 31.1 Å². The van der Waals surface area contributed by atoms with Crippen molar-refractivity contribution in [2.75, 3.05) is 11.4 Å². The van der Waals surface area contributed by atoms with Crippen molar-refractivity contribution in [2.45, 2.75) is 71.4 Å². The highest BCUT2D eigenvalue weighted by Crippen LogP contribution is 2.38. The zero-order valence-electron chi connectivity index (χ0n) is 12.4. The van der Waals surface area contributed by atoms with Crippen LogP contribution in [-0.4, -0.2) is 22.7 Å². The van der Waals surface area contributed by atoms with Gasteiger partial charge in [-0.25, -0.2) is 4.98 Å². The fraction of sp³-hybridized carbons (Fsp3) is 0.800. The van der Waals surface area contributed by atoms with Gasteiger partial charge in [0.05, 0.1) is 16.7 Å². The van der Waals surface area contributed by atoms with E-state index in [2.05, 4.69) is 25.7 Å². The van der Waals surface area contributed by atoms with Crippen LogP contribution >= 0.6 is 11.3 Å². The molecule has 1 aromatic heterocycles. The number of aromatic nitrogens is 1. The first-order chi connectivity index (χ1) is 9.13. The molecule has 2 rings (SSSR count). The fourth-order valence-corrected chi connectivity index (χ4v) is 3.91. The van der Waals surface area contributed by atoms with E-state index in [-0.39, 0.29) is 6.10 Å². The summed E-state index contributed by atoms with van der Waals surface area (Å²) in [7, 11) is 0. The normalized spacial score (nSPS) is 18.7. The van der Waals surface area contributed by atoms with Gasteiger partial charge < -0.3 is 10.0 Å². The molecule has 1 aliphatic carbocycles. The van der Waals surface area contributed by atoms with Gasteiger partial charge in [0.15, 0.2) is 5.13 Å². The van der Waals surface area contributed by atoms with Crippen molar-refractivity contribution in [3.63, 3.8) is 0 Å². The van der Waals surface area contributed by atoms with Crippen LogP contribution in [0.5, 0.6) is 0 Å². The number of hydrogen-bond acceptors (Lipinski definition) is 4. The standard InChI is InChI=1S/C15H26N2OS/c1-4-5-6-10-17(11(2)3)15-16-12-8-7-9-13(18)14(12)19-15/h11,13,18H,4-10H2,1-3H3. The van der Waals surface area contributed by atoms with E-state index < -0.39 is 0 Å². The molecule has 0 bridgehead atoms. The second-order valence-electron chi connectivity index (χ2n) is 5.71.